The van der Waals surface area contributed by atoms with Gasteiger partial charge in [0.25, 0.3) is 0 Å². The lowest BCUT2D eigenvalue weighted by molar-refractivity contribution is -0.123. The molecule has 4 nitrogen and oxygen atoms in total. The van der Waals surface area contributed by atoms with Gasteiger partial charge in [-0.25, -0.2) is 4.98 Å². The Hall–Kier alpha value is -2.07. The fraction of sp³-hybridized carbons (Fsp3) is 0.294. The molecule has 0 fully saturated rings. The molecule has 2 unspecified atom stereocenters. The van der Waals surface area contributed by atoms with Crippen LogP contribution in [-0.2, 0) is 11.2 Å². The number of ether oxygens (including phenoxy) is 1. The van der Waals surface area contributed by atoms with Crippen molar-refractivity contribution in [3.05, 3.63) is 58.2 Å². The monoisotopic (exact) mass is 314 g/mol. The molecule has 1 N–H and O–H groups in total. The second kappa shape index (κ2) is 5.29. The molecule has 0 spiro atoms. The Bertz CT molecular complexity index is 747. The second-order valence-electron chi connectivity index (χ2n) is 5.70. The summed E-state index contributed by atoms with van der Waals surface area (Å²) in [4.78, 5) is 16.7. The van der Waals surface area contributed by atoms with Gasteiger partial charge in [-0.1, -0.05) is 23.7 Å². The molecule has 4 rings (SSSR count). The number of nitrogens with one attached hydrogen (secondary N) is 1. The highest BCUT2D eigenvalue weighted by molar-refractivity contribution is 6.30. The summed E-state index contributed by atoms with van der Waals surface area (Å²) in [5.74, 6) is 0.292. The summed E-state index contributed by atoms with van der Waals surface area (Å²) in [7, 11) is 0. The summed E-state index contributed by atoms with van der Waals surface area (Å²) in [5, 5.41) is 3.89. The van der Waals surface area contributed by atoms with Gasteiger partial charge >= 0.3 is 0 Å². The maximum Gasteiger partial charge on any atom is 0.231 e. The third-order valence-corrected chi connectivity index (χ3v) is 4.61. The van der Waals surface area contributed by atoms with Crippen LogP contribution in [0.1, 0.15) is 35.1 Å². The van der Waals surface area contributed by atoms with Crippen LogP contribution in [0, 0.1) is 0 Å². The summed E-state index contributed by atoms with van der Waals surface area (Å²) >= 11 is 6.03. The van der Waals surface area contributed by atoms with Crippen molar-refractivity contribution in [1.82, 2.24) is 10.3 Å². The Balaban J connectivity index is 1.53. The molecular formula is C17H15ClN2O2. The van der Waals surface area contributed by atoms with Gasteiger partial charge in [0.2, 0.25) is 11.8 Å². The summed E-state index contributed by atoms with van der Waals surface area (Å²) in [5.41, 5.74) is 3.26. The molecule has 2 aromatic rings. The number of hydrogen-bond donors (Lipinski definition) is 1. The molecule has 2 heterocycles. The first-order valence-corrected chi connectivity index (χ1v) is 7.76. The molecule has 1 aromatic heterocycles. The first-order valence-electron chi connectivity index (χ1n) is 7.39. The van der Waals surface area contributed by atoms with E-state index in [4.69, 9.17) is 16.3 Å². The molecule has 1 aliphatic heterocycles. The molecule has 0 saturated carbocycles. The maximum absolute atomic E-state index is 12.6. The van der Waals surface area contributed by atoms with Crippen LogP contribution in [0.15, 0.2) is 36.5 Å². The zero-order valence-electron chi connectivity index (χ0n) is 11.9. The number of benzene rings is 1. The number of amides is 1. The van der Waals surface area contributed by atoms with E-state index in [0.29, 0.717) is 12.5 Å². The summed E-state index contributed by atoms with van der Waals surface area (Å²) in [6.45, 7) is 0.359. The van der Waals surface area contributed by atoms with Crippen LogP contribution in [-0.4, -0.2) is 17.5 Å². The fourth-order valence-electron chi connectivity index (χ4n) is 3.27. The second-order valence-corrected chi connectivity index (χ2v) is 6.14. The number of aryl methyl sites for hydroxylation is 1. The van der Waals surface area contributed by atoms with Crippen LogP contribution in [0.25, 0.3) is 0 Å². The Labute approximate surface area is 133 Å². The average molecular weight is 315 g/mol. The zero-order valence-corrected chi connectivity index (χ0v) is 12.6. The van der Waals surface area contributed by atoms with E-state index in [0.717, 1.165) is 23.4 Å². The number of rotatable bonds is 2. The maximum atomic E-state index is 12.6. The Kier molecular flexibility index (Phi) is 3.26. The molecule has 0 saturated heterocycles. The van der Waals surface area contributed by atoms with Gasteiger partial charge < -0.3 is 10.1 Å². The standard InChI is InChI=1S/C17H15ClN2O2/c18-11-4-5-12-10(8-11)3-6-15(12)20-16(21)14-9-22-17-13(14)2-1-7-19-17/h1-2,4-5,7-8,14-15H,3,6,9H2,(H,20,21). The highest BCUT2D eigenvalue weighted by Crippen LogP contribution is 2.35. The van der Waals surface area contributed by atoms with Gasteiger partial charge in [-0.15, -0.1) is 0 Å². The van der Waals surface area contributed by atoms with Crippen LogP contribution >= 0.6 is 11.6 Å². The van der Waals surface area contributed by atoms with Gasteiger partial charge in [-0.3, -0.25) is 4.79 Å². The Morgan fingerprint density at radius 3 is 3.14 bits per heavy atom. The van der Waals surface area contributed by atoms with E-state index in [9.17, 15) is 4.79 Å². The highest BCUT2D eigenvalue weighted by Gasteiger charge is 2.33. The van der Waals surface area contributed by atoms with Crippen LogP contribution in [0.2, 0.25) is 5.02 Å². The number of aromatic nitrogens is 1. The number of carbonyl (C=O) groups is 1. The third-order valence-electron chi connectivity index (χ3n) is 4.38. The molecule has 2 aliphatic rings. The molecule has 5 heteroatoms. The van der Waals surface area contributed by atoms with E-state index in [-0.39, 0.29) is 17.9 Å². The SMILES string of the molecule is O=C(NC1CCc2cc(Cl)ccc21)C1COc2ncccc21. The quantitative estimate of drug-likeness (QED) is 0.927. The molecule has 0 radical (unpaired) electrons. The minimum absolute atomic E-state index is 0.000417. The number of fused-ring (bicyclic) bond motifs is 2. The fourth-order valence-corrected chi connectivity index (χ4v) is 3.46. The van der Waals surface area contributed by atoms with Crippen molar-refractivity contribution in [2.45, 2.75) is 24.8 Å². The van der Waals surface area contributed by atoms with Crippen molar-refractivity contribution < 1.29 is 9.53 Å². The molecule has 2 atom stereocenters. The first-order chi connectivity index (χ1) is 10.7. The minimum Gasteiger partial charge on any atom is -0.476 e. The first kappa shape index (κ1) is 13.6. The van der Waals surface area contributed by atoms with Crippen molar-refractivity contribution in [2.75, 3.05) is 6.61 Å². The normalized spacial score (nSPS) is 21.9. The van der Waals surface area contributed by atoms with Crippen molar-refractivity contribution in [3.63, 3.8) is 0 Å². The predicted octanol–water partition coefficient (Wildman–Crippen LogP) is 3.01. The lowest BCUT2D eigenvalue weighted by Crippen LogP contribution is -2.32. The Morgan fingerprint density at radius 1 is 1.32 bits per heavy atom. The molecule has 1 aromatic carbocycles. The van der Waals surface area contributed by atoms with E-state index in [1.54, 1.807) is 6.20 Å². The minimum atomic E-state index is -0.278. The molecule has 112 valence electrons. The Morgan fingerprint density at radius 2 is 2.23 bits per heavy atom. The number of carbonyl (C=O) groups excluding carboxylic acids is 1. The number of halogens is 1. The van der Waals surface area contributed by atoms with Gasteiger partial charge in [0, 0.05) is 16.8 Å². The van der Waals surface area contributed by atoms with Gasteiger partial charge in [0.1, 0.15) is 12.5 Å². The molecule has 1 amide bonds. The van der Waals surface area contributed by atoms with E-state index >= 15 is 0 Å². The van der Waals surface area contributed by atoms with Crippen molar-refractivity contribution in [3.8, 4) is 5.88 Å². The van der Waals surface area contributed by atoms with Gasteiger partial charge in [-0.2, -0.15) is 0 Å². The topological polar surface area (TPSA) is 51.2 Å². The number of hydrogen-bond acceptors (Lipinski definition) is 3. The van der Waals surface area contributed by atoms with Gasteiger partial charge in [0.15, 0.2) is 0 Å². The van der Waals surface area contributed by atoms with Crippen LogP contribution in [0.3, 0.4) is 0 Å². The molecule has 22 heavy (non-hydrogen) atoms. The van der Waals surface area contributed by atoms with Crippen LogP contribution < -0.4 is 10.1 Å². The largest absolute Gasteiger partial charge is 0.476 e. The van der Waals surface area contributed by atoms with Crippen LogP contribution in [0.4, 0.5) is 0 Å². The summed E-state index contributed by atoms with van der Waals surface area (Å²) in [6.07, 6.45) is 3.53. The summed E-state index contributed by atoms with van der Waals surface area (Å²) < 4.78 is 5.49. The van der Waals surface area contributed by atoms with Gasteiger partial charge in [-0.05, 0) is 42.2 Å². The third kappa shape index (κ3) is 2.24. The number of nitrogens with zero attached hydrogens (tertiary/aromatic N) is 1. The van der Waals surface area contributed by atoms with E-state index in [1.807, 2.05) is 30.3 Å². The average Bonchev–Trinajstić information content (AvgIpc) is 3.11. The predicted molar refractivity (Wildman–Crippen MR) is 83.1 cm³/mol. The smallest absolute Gasteiger partial charge is 0.231 e. The van der Waals surface area contributed by atoms with E-state index in [2.05, 4.69) is 10.3 Å². The van der Waals surface area contributed by atoms with E-state index < -0.39 is 0 Å². The molecular weight excluding hydrogens is 300 g/mol. The molecule has 1 aliphatic carbocycles. The van der Waals surface area contributed by atoms with Gasteiger partial charge in [0.05, 0.1) is 6.04 Å². The van der Waals surface area contributed by atoms with Crippen molar-refractivity contribution in [1.29, 1.82) is 0 Å². The lowest BCUT2D eigenvalue weighted by atomic mass is 10.0. The highest BCUT2D eigenvalue weighted by atomic mass is 35.5. The van der Waals surface area contributed by atoms with Crippen LogP contribution in [0.5, 0.6) is 5.88 Å². The number of pyridine rings is 1. The molecule has 0 bridgehead atoms. The van der Waals surface area contributed by atoms with Crippen molar-refractivity contribution >= 4 is 17.5 Å². The van der Waals surface area contributed by atoms with E-state index in [1.165, 1.54) is 11.1 Å². The zero-order chi connectivity index (χ0) is 15.1. The summed E-state index contributed by atoms with van der Waals surface area (Å²) in [6, 6.07) is 9.67. The van der Waals surface area contributed by atoms with Crippen molar-refractivity contribution in [2.24, 2.45) is 0 Å². The lowest BCUT2D eigenvalue weighted by Gasteiger charge is -2.17.